The third kappa shape index (κ3) is 9.58. The van der Waals surface area contributed by atoms with E-state index in [1.165, 1.54) is 24.5 Å². The highest BCUT2D eigenvalue weighted by atomic mass is 19.4. The molecule has 0 fully saturated rings. The van der Waals surface area contributed by atoms with Crippen LogP contribution in [-0.4, -0.2) is 46.5 Å². The van der Waals surface area contributed by atoms with Gasteiger partial charge in [-0.25, -0.2) is 5.48 Å². The second-order valence-electron chi connectivity index (χ2n) is 9.13. The molecular weight excluding hydrogens is 537 g/mol. The Labute approximate surface area is 235 Å². The van der Waals surface area contributed by atoms with Gasteiger partial charge < -0.3 is 15.7 Å². The van der Waals surface area contributed by atoms with Gasteiger partial charge in [-0.3, -0.25) is 19.8 Å². The zero-order valence-corrected chi connectivity index (χ0v) is 22.3. The number of hydrogen-bond acceptors (Lipinski definition) is 6. The van der Waals surface area contributed by atoms with Gasteiger partial charge in [0.05, 0.1) is 18.2 Å². The van der Waals surface area contributed by atoms with Crippen molar-refractivity contribution in [3.8, 4) is 11.8 Å². The molecule has 0 unspecified atom stereocenters. The summed E-state index contributed by atoms with van der Waals surface area (Å²) in [4.78, 5) is 28.1. The number of carbonyl (C=O) groups is 2. The van der Waals surface area contributed by atoms with Crippen molar-refractivity contribution in [3.63, 3.8) is 0 Å². The van der Waals surface area contributed by atoms with E-state index < -0.39 is 29.8 Å². The first kappa shape index (κ1) is 31.0. The van der Waals surface area contributed by atoms with Gasteiger partial charge in [-0.05, 0) is 73.5 Å². The summed E-state index contributed by atoms with van der Waals surface area (Å²) in [6.45, 7) is 3.33. The van der Waals surface area contributed by atoms with Crippen molar-refractivity contribution >= 4 is 23.2 Å². The van der Waals surface area contributed by atoms with Crippen LogP contribution in [0.2, 0.25) is 0 Å². The Balaban J connectivity index is 1.51. The number of carbonyl (C=O) groups excluding carboxylic acids is 2. The fraction of sp³-hybridized carbons (Fsp3) is 0.233. The zero-order chi connectivity index (χ0) is 30.0. The van der Waals surface area contributed by atoms with Crippen LogP contribution in [0.5, 0.6) is 0 Å². The van der Waals surface area contributed by atoms with Gasteiger partial charge in [-0.1, -0.05) is 36.1 Å². The third-order valence-corrected chi connectivity index (χ3v) is 5.89. The van der Waals surface area contributed by atoms with Crippen molar-refractivity contribution < 1.29 is 33.1 Å². The number of hydrogen-bond donors (Lipinski definition) is 5. The number of aliphatic imine (C=N–C) groups is 1. The van der Waals surface area contributed by atoms with Gasteiger partial charge in [0.25, 0.3) is 5.91 Å². The highest BCUT2D eigenvalue weighted by Gasteiger charge is 2.29. The number of amides is 2. The smallest absolute Gasteiger partial charge is 0.391 e. The Morgan fingerprint density at radius 1 is 0.927 bits per heavy atom. The summed E-state index contributed by atoms with van der Waals surface area (Å²) in [5, 5.41) is 24.2. The Hall–Kier alpha value is -4.50. The predicted molar refractivity (Wildman–Crippen MR) is 148 cm³/mol. The maximum absolute atomic E-state index is 12.6. The summed E-state index contributed by atoms with van der Waals surface area (Å²) in [5.41, 5.74) is 4.67. The fourth-order valence-corrected chi connectivity index (χ4v) is 3.65. The minimum Gasteiger partial charge on any atom is -0.391 e. The fourth-order valence-electron chi connectivity index (χ4n) is 3.65. The lowest BCUT2D eigenvalue weighted by atomic mass is 10.1. The molecule has 0 saturated heterocycles. The van der Waals surface area contributed by atoms with Crippen molar-refractivity contribution in [2.75, 3.05) is 11.9 Å². The van der Waals surface area contributed by atoms with Gasteiger partial charge in [0.2, 0.25) is 5.91 Å². The predicted octanol–water partition coefficient (Wildman–Crippen LogP) is 3.90. The van der Waals surface area contributed by atoms with E-state index in [0.29, 0.717) is 17.0 Å². The summed E-state index contributed by atoms with van der Waals surface area (Å²) in [5.74, 6) is 4.97. The lowest BCUT2D eigenvalue weighted by molar-refractivity contribution is -0.137. The molecule has 0 aliphatic heterocycles. The summed E-state index contributed by atoms with van der Waals surface area (Å²) >= 11 is 0. The molecule has 3 rings (SSSR count). The maximum atomic E-state index is 12.6. The van der Waals surface area contributed by atoms with Crippen LogP contribution in [0.3, 0.4) is 0 Å². The number of anilines is 1. The first-order chi connectivity index (χ1) is 19.5. The van der Waals surface area contributed by atoms with Crippen molar-refractivity contribution in [1.29, 1.82) is 0 Å². The average molecular weight is 567 g/mol. The molecule has 0 aromatic heterocycles. The Morgan fingerprint density at radius 3 is 2.00 bits per heavy atom. The molecule has 3 aromatic carbocycles. The summed E-state index contributed by atoms with van der Waals surface area (Å²) in [6.07, 6.45) is -5.47. The van der Waals surface area contributed by atoms with Crippen LogP contribution < -0.4 is 16.1 Å². The number of nitrogens with one attached hydrogen (secondary N) is 3. The van der Waals surface area contributed by atoms with E-state index >= 15 is 0 Å². The topological polar surface area (TPSA) is 123 Å². The number of halogens is 3. The van der Waals surface area contributed by atoms with E-state index in [0.717, 1.165) is 28.8 Å². The van der Waals surface area contributed by atoms with E-state index in [1.54, 1.807) is 55.5 Å². The minimum atomic E-state index is -4.39. The van der Waals surface area contributed by atoms with Crippen molar-refractivity contribution in [1.82, 2.24) is 10.8 Å². The maximum Gasteiger partial charge on any atom is 0.416 e. The van der Waals surface area contributed by atoms with Crippen LogP contribution in [0, 0.1) is 11.8 Å². The van der Waals surface area contributed by atoms with E-state index in [-0.39, 0.29) is 19.0 Å². The van der Waals surface area contributed by atoms with Gasteiger partial charge in [0.1, 0.15) is 0 Å². The number of aliphatic hydroxyl groups excluding tert-OH is 1. The largest absolute Gasteiger partial charge is 0.416 e. The molecule has 0 radical (unpaired) electrons. The van der Waals surface area contributed by atoms with E-state index in [9.17, 15) is 27.9 Å². The third-order valence-electron chi connectivity index (χ3n) is 5.89. The minimum absolute atomic E-state index is 0.0168. The zero-order valence-electron chi connectivity index (χ0n) is 22.3. The lowest BCUT2D eigenvalue weighted by Crippen LogP contribution is -2.38. The Morgan fingerprint density at radius 2 is 1.49 bits per heavy atom. The van der Waals surface area contributed by atoms with Crippen molar-refractivity contribution in [2.24, 2.45) is 4.99 Å². The highest BCUT2D eigenvalue weighted by molar-refractivity contribution is 6.00. The molecule has 0 saturated carbocycles. The second kappa shape index (κ2) is 14.2. The molecule has 11 heteroatoms. The number of rotatable bonds is 9. The van der Waals surface area contributed by atoms with Crippen LogP contribution >= 0.6 is 0 Å². The molecule has 3 aromatic rings. The SMILES string of the molecule is CC(=N[C@H](C(=O)NO)[C@@H](C)O)c1ccc(C#Cc2ccc(NC(=O)CNCc3ccc(C(F)(F)F)cc3)cc2)cc1. The van der Waals surface area contributed by atoms with Gasteiger partial charge in [-0.2, -0.15) is 13.2 Å². The molecule has 0 aliphatic rings. The molecule has 2 atom stereocenters. The van der Waals surface area contributed by atoms with Gasteiger partial charge in [0, 0.05) is 29.1 Å². The Bertz CT molecular complexity index is 1420. The average Bonchev–Trinajstić information content (AvgIpc) is 2.95. The van der Waals surface area contributed by atoms with Crippen LogP contribution in [0.15, 0.2) is 77.8 Å². The quantitative estimate of drug-likeness (QED) is 0.116. The molecule has 0 bridgehead atoms. The van der Waals surface area contributed by atoms with Crippen LogP contribution in [-0.2, 0) is 22.3 Å². The lowest BCUT2D eigenvalue weighted by Gasteiger charge is -2.14. The highest BCUT2D eigenvalue weighted by Crippen LogP contribution is 2.29. The van der Waals surface area contributed by atoms with E-state index in [4.69, 9.17) is 5.21 Å². The standard InChI is InChI=1S/C30H29F3N4O4/c1-19(35-28(20(2)38)29(40)37-41)24-11-5-21(6-12-24)3-4-22-9-15-26(16-10-22)36-27(39)18-34-17-23-7-13-25(14-8-23)30(31,32)33/h5-16,20,28,34,38,41H,17-18H2,1-2H3,(H,36,39)(H,37,40)/t20-,28+/m1/s1. The molecule has 5 N–H and O–H groups in total. The normalized spacial score (nSPS) is 13.0. The van der Waals surface area contributed by atoms with Crippen molar-refractivity contribution in [3.05, 3.63) is 101 Å². The van der Waals surface area contributed by atoms with E-state index in [1.807, 2.05) is 0 Å². The summed E-state index contributed by atoms with van der Waals surface area (Å²) < 4.78 is 37.9. The second-order valence-corrected chi connectivity index (χ2v) is 9.13. The first-order valence-corrected chi connectivity index (χ1v) is 12.5. The van der Waals surface area contributed by atoms with E-state index in [2.05, 4.69) is 27.5 Å². The molecule has 2 amide bonds. The van der Waals surface area contributed by atoms with Crippen LogP contribution in [0.4, 0.5) is 18.9 Å². The number of nitrogens with zero attached hydrogens (tertiary/aromatic N) is 1. The summed E-state index contributed by atoms with van der Waals surface area (Å²) in [6, 6.07) is 17.7. The monoisotopic (exact) mass is 566 g/mol. The molecule has 214 valence electrons. The van der Waals surface area contributed by atoms with Crippen LogP contribution in [0.1, 0.15) is 41.7 Å². The van der Waals surface area contributed by atoms with Gasteiger partial charge >= 0.3 is 6.18 Å². The number of benzene rings is 3. The number of alkyl halides is 3. The molecule has 41 heavy (non-hydrogen) atoms. The first-order valence-electron chi connectivity index (χ1n) is 12.5. The van der Waals surface area contributed by atoms with Crippen LogP contribution in [0.25, 0.3) is 0 Å². The molecule has 8 nitrogen and oxygen atoms in total. The van der Waals surface area contributed by atoms with Gasteiger partial charge in [-0.15, -0.1) is 0 Å². The van der Waals surface area contributed by atoms with Crippen molar-refractivity contribution in [2.45, 2.75) is 38.7 Å². The molecule has 0 aliphatic carbocycles. The molecule has 0 spiro atoms. The Kier molecular flexibility index (Phi) is 10.8. The number of hydroxylamine groups is 1. The molecule has 0 heterocycles. The van der Waals surface area contributed by atoms with Gasteiger partial charge in [0.15, 0.2) is 6.04 Å². The summed E-state index contributed by atoms with van der Waals surface area (Å²) in [7, 11) is 0. The number of aliphatic hydroxyl groups is 1. The molecular formula is C30H29F3N4O4.